The van der Waals surface area contributed by atoms with Crippen molar-refractivity contribution < 1.29 is 0 Å². The van der Waals surface area contributed by atoms with Gasteiger partial charge in [-0.15, -0.1) is 0 Å². The summed E-state index contributed by atoms with van der Waals surface area (Å²) < 4.78 is 2.27. The number of fused-ring (bicyclic) bond motifs is 1. The highest BCUT2D eigenvalue weighted by atomic mass is 35.5. The van der Waals surface area contributed by atoms with Crippen molar-refractivity contribution in [1.29, 1.82) is 0 Å². The van der Waals surface area contributed by atoms with Crippen LogP contribution in [0.15, 0.2) is 78.9 Å². The van der Waals surface area contributed by atoms with E-state index in [1.165, 1.54) is 5.56 Å². The Kier molecular flexibility index (Phi) is 4.40. The van der Waals surface area contributed by atoms with Crippen LogP contribution in [0.1, 0.15) is 11.4 Å². The molecule has 0 aliphatic rings. The van der Waals surface area contributed by atoms with E-state index >= 15 is 0 Å². The van der Waals surface area contributed by atoms with Crippen LogP contribution in [0.4, 0.5) is 5.69 Å². The first kappa shape index (κ1) is 15.7. The van der Waals surface area contributed by atoms with Gasteiger partial charge in [-0.2, -0.15) is 0 Å². The van der Waals surface area contributed by atoms with Gasteiger partial charge in [0.2, 0.25) is 0 Å². The second kappa shape index (κ2) is 6.99. The van der Waals surface area contributed by atoms with E-state index in [0.717, 1.165) is 34.1 Å². The van der Waals surface area contributed by atoms with E-state index < -0.39 is 0 Å². The van der Waals surface area contributed by atoms with Crippen molar-refractivity contribution in [3.05, 3.63) is 95.3 Å². The Morgan fingerprint density at radius 3 is 2.36 bits per heavy atom. The molecule has 3 aromatic carbocycles. The van der Waals surface area contributed by atoms with Gasteiger partial charge in [0.1, 0.15) is 5.82 Å². The lowest BCUT2D eigenvalue weighted by Crippen LogP contribution is -2.09. The minimum Gasteiger partial charge on any atom is -0.378 e. The summed E-state index contributed by atoms with van der Waals surface area (Å²) in [5.74, 6) is 1.01. The molecule has 4 rings (SSSR count). The zero-order valence-electron chi connectivity index (χ0n) is 13.7. The van der Waals surface area contributed by atoms with Gasteiger partial charge in [0, 0.05) is 17.3 Å². The van der Waals surface area contributed by atoms with Gasteiger partial charge >= 0.3 is 0 Å². The molecule has 0 saturated heterocycles. The molecule has 0 fully saturated rings. The molecular formula is C21H18ClN3. The number of benzene rings is 3. The van der Waals surface area contributed by atoms with Gasteiger partial charge in [-0.25, -0.2) is 4.98 Å². The molecule has 0 atom stereocenters. The Labute approximate surface area is 151 Å². The number of halogens is 1. The first-order valence-electron chi connectivity index (χ1n) is 8.27. The molecule has 0 unspecified atom stereocenters. The number of nitrogens with one attached hydrogen (secondary N) is 1. The Balaban J connectivity index is 1.65. The molecule has 4 heteroatoms. The molecule has 0 aliphatic carbocycles. The topological polar surface area (TPSA) is 29.9 Å². The van der Waals surface area contributed by atoms with Gasteiger partial charge in [-0.1, -0.05) is 54.1 Å². The van der Waals surface area contributed by atoms with Crippen molar-refractivity contribution in [2.45, 2.75) is 13.1 Å². The second-order valence-corrected chi connectivity index (χ2v) is 6.39. The van der Waals surface area contributed by atoms with Crippen LogP contribution in [0.3, 0.4) is 0 Å². The molecule has 25 heavy (non-hydrogen) atoms. The highest BCUT2D eigenvalue weighted by Crippen LogP contribution is 2.20. The van der Waals surface area contributed by atoms with E-state index in [0.29, 0.717) is 6.54 Å². The van der Waals surface area contributed by atoms with Crippen LogP contribution < -0.4 is 5.32 Å². The van der Waals surface area contributed by atoms with E-state index in [9.17, 15) is 0 Å². The molecule has 0 amide bonds. The normalized spacial score (nSPS) is 10.9. The number of hydrogen-bond acceptors (Lipinski definition) is 2. The molecule has 0 bridgehead atoms. The molecule has 0 saturated carbocycles. The van der Waals surface area contributed by atoms with Gasteiger partial charge in [0.25, 0.3) is 0 Å². The number of hydrogen-bond donors (Lipinski definition) is 1. The maximum atomic E-state index is 5.95. The number of imidazole rings is 1. The van der Waals surface area contributed by atoms with Crippen LogP contribution >= 0.6 is 11.6 Å². The molecule has 0 radical (unpaired) electrons. The number of aromatic nitrogens is 2. The molecular weight excluding hydrogens is 330 g/mol. The largest absolute Gasteiger partial charge is 0.378 e. The smallest absolute Gasteiger partial charge is 0.129 e. The van der Waals surface area contributed by atoms with Crippen molar-refractivity contribution in [1.82, 2.24) is 9.55 Å². The Hall–Kier alpha value is -2.78. The maximum Gasteiger partial charge on any atom is 0.129 e. The molecule has 1 aromatic heterocycles. The van der Waals surface area contributed by atoms with Crippen LogP contribution in [0.25, 0.3) is 11.0 Å². The summed E-state index contributed by atoms with van der Waals surface area (Å²) >= 11 is 5.95. The predicted molar refractivity (Wildman–Crippen MR) is 104 cm³/mol. The van der Waals surface area contributed by atoms with Crippen LogP contribution in [-0.2, 0) is 13.1 Å². The van der Waals surface area contributed by atoms with E-state index in [-0.39, 0.29) is 0 Å². The fourth-order valence-electron chi connectivity index (χ4n) is 2.95. The van der Waals surface area contributed by atoms with E-state index in [2.05, 4.69) is 52.3 Å². The monoisotopic (exact) mass is 347 g/mol. The van der Waals surface area contributed by atoms with Crippen LogP contribution in [0.5, 0.6) is 0 Å². The molecule has 1 heterocycles. The summed E-state index contributed by atoms with van der Waals surface area (Å²) in [5, 5.41) is 4.17. The van der Waals surface area contributed by atoms with E-state index in [1.807, 2.05) is 36.4 Å². The lowest BCUT2D eigenvalue weighted by Gasteiger charge is -2.11. The quantitative estimate of drug-likeness (QED) is 0.527. The molecule has 3 nitrogen and oxygen atoms in total. The van der Waals surface area contributed by atoms with Gasteiger partial charge in [0.15, 0.2) is 0 Å². The highest BCUT2D eigenvalue weighted by molar-refractivity contribution is 6.30. The standard InChI is InChI=1S/C21H18ClN3/c22-17-10-12-18(13-11-17)23-14-21-24-19-8-4-5-9-20(19)25(21)15-16-6-2-1-3-7-16/h1-13,23H,14-15H2. The average molecular weight is 348 g/mol. The van der Waals surface area contributed by atoms with Crippen molar-refractivity contribution >= 4 is 28.3 Å². The van der Waals surface area contributed by atoms with Crippen molar-refractivity contribution in [3.8, 4) is 0 Å². The lowest BCUT2D eigenvalue weighted by molar-refractivity contribution is 0.756. The third-order valence-electron chi connectivity index (χ3n) is 4.21. The third kappa shape index (κ3) is 3.52. The third-order valence-corrected chi connectivity index (χ3v) is 4.46. The number of rotatable bonds is 5. The fraction of sp³-hybridized carbons (Fsp3) is 0.0952. The van der Waals surface area contributed by atoms with Crippen molar-refractivity contribution in [2.24, 2.45) is 0 Å². The summed E-state index contributed by atoms with van der Waals surface area (Å²) in [4.78, 5) is 4.82. The van der Waals surface area contributed by atoms with Crippen molar-refractivity contribution in [3.63, 3.8) is 0 Å². The molecule has 0 aliphatic heterocycles. The number of para-hydroxylation sites is 2. The van der Waals surface area contributed by atoms with Crippen LogP contribution in [0.2, 0.25) is 5.02 Å². The van der Waals surface area contributed by atoms with Crippen LogP contribution in [-0.4, -0.2) is 9.55 Å². The zero-order chi connectivity index (χ0) is 17.1. The second-order valence-electron chi connectivity index (χ2n) is 5.95. The van der Waals surface area contributed by atoms with Crippen LogP contribution in [0, 0.1) is 0 Å². The van der Waals surface area contributed by atoms with Crippen molar-refractivity contribution in [2.75, 3.05) is 5.32 Å². The Morgan fingerprint density at radius 2 is 1.56 bits per heavy atom. The van der Waals surface area contributed by atoms with Gasteiger partial charge in [0.05, 0.1) is 17.6 Å². The predicted octanol–water partition coefficient (Wildman–Crippen LogP) is 5.35. The SMILES string of the molecule is Clc1ccc(NCc2nc3ccccc3n2Cc2ccccc2)cc1. The van der Waals surface area contributed by atoms with Gasteiger partial charge in [-0.05, 0) is 42.0 Å². The zero-order valence-corrected chi connectivity index (χ0v) is 14.4. The maximum absolute atomic E-state index is 5.95. The molecule has 124 valence electrons. The summed E-state index contributed by atoms with van der Waals surface area (Å²) in [6.07, 6.45) is 0. The first-order valence-corrected chi connectivity index (χ1v) is 8.65. The minimum absolute atomic E-state index is 0.656. The summed E-state index contributed by atoms with van der Waals surface area (Å²) in [6.45, 7) is 1.46. The number of nitrogens with zero attached hydrogens (tertiary/aromatic N) is 2. The first-order chi connectivity index (χ1) is 12.3. The Morgan fingerprint density at radius 1 is 0.840 bits per heavy atom. The van der Waals surface area contributed by atoms with Gasteiger partial charge < -0.3 is 9.88 Å². The summed E-state index contributed by atoms with van der Waals surface area (Å²) in [5.41, 5.74) is 4.46. The lowest BCUT2D eigenvalue weighted by atomic mass is 10.2. The minimum atomic E-state index is 0.656. The van der Waals surface area contributed by atoms with Gasteiger partial charge in [-0.3, -0.25) is 0 Å². The Bertz CT molecular complexity index is 975. The molecule has 0 spiro atoms. The summed E-state index contributed by atoms with van der Waals surface area (Å²) in [6, 6.07) is 26.5. The highest BCUT2D eigenvalue weighted by Gasteiger charge is 2.10. The average Bonchev–Trinajstić information content (AvgIpc) is 3.00. The fourth-order valence-corrected chi connectivity index (χ4v) is 3.08. The summed E-state index contributed by atoms with van der Waals surface area (Å²) in [7, 11) is 0. The number of anilines is 1. The molecule has 4 aromatic rings. The van der Waals surface area contributed by atoms with E-state index in [4.69, 9.17) is 16.6 Å². The van der Waals surface area contributed by atoms with E-state index in [1.54, 1.807) is 0 Å². The molecule has 1 N–H and O–H groups in total.